The molecule has 1 atom stereocenters. The van der Waals surface area contributed by atoms with Crippen molar-refractivity contribution in [3.63, 3.8) is 0 Å². The molecule has 1 aromatic heterocycles. The normalized spacial score (nSPS) is 17.1. The van der Waals surface area contributed by atoms with Gasteiger partial charge in [-0.05, 0) is 78.4 Å². The lowest BCUT2D eigenvalue weighted by molar-refractivity contribution is -0.120. The summed E-state index contributed by atoms with van der Waals surface area (Å²) in [5, 5.41) is 6.84. The van der Waals surface area contributed by atoms with Gasteiger partial charge >= 0.3 is 0 Å². The maximum absolute atomic E-state index is 14.7. The van der Waals surface area contributed by atoms with Gasteiger partial charge in [0.2, 0.25) is 5.91 Å². The second-order valence-electron chi connectivity index (χ2n) is 10.0. The van der Waals surface area contributed by atoms with Crippen molar-refractivity contribution < 1.29 is 28.0 Å². The molecule has 0 fully saturated rings. The second kappa shape index (κ2) is 10.8. The summed E-state index contributed by atoms with van der Waals surface area (Å²) in [6, 6.07) is 18.9. The average molecular weight is 542 g/mol. The zero-order valence-electron chi connectivity index (χ0n) is 22.0. The van der Waals surface area contributed by atoms with Gasteiger partial charge < -0.3 is 24.2 Å². The predicted octanol–water partition coefficient (Wildman–Crippen LogP) is 5.14. The summed E-state index contributed by atoms with van der Waals surface area (Å²) in [7, 11) is 0. The lowest BCUT2D eigenvalue weighted by atomic mass is 9.87. The average Bonchev–Trinajstić information content (AvgIpc) is 3.39. The van der Waals surface area contributed by atoms with Gasteiger partial charge in [-0.2, -0.15) is 0 Å². The van der Waals surface area contributed by atoms with E-state index in [1.165, 1.54) is 6.07 Å². The summed E-state index contributed by atoms with van der Waals surface area (Å²) in [6.07, 6.45) is 1.30. The van der Waals surface area contributed by atoms with Gasteiger partial charge in [0.25, 0.3) is 5.91 Å². The molecule has 1 unspecified atom stereocenters. The number of aromatic nitrogens is 1. The van der Waals surface area contributed by atoms with E-state index < -0.39 is 11.9 Å². The van der Waals surface area contributed by atoms with Crippen molar-refractivity contribution in [2.75, 3.05) is 19.7 Å². The fraction of sp³-hybridized carbons (Fsp3) is 0.258. The van der Waals surface area contributed by atoms with Crippen LogP contribution in [0, 0.1) is 12.7 Å². The zero-order valence-corrected chi connectivity index (χ0v) is 22.0. The summed E-state index contributed by atoms with van der Waals surface area (Å²) in [4.78, 5) is 27.8. The molecule has 0 spiro atoms. The van der Waals surface area contributed by atoms with Crippen LogP contribution in [0.2, 0.25) is 0 Å². The van der Waals surface area contributed by atoms with Gasteiger partial charge in [0.05, 0.1) is 19.1 Å². The van der Waals surface area contributed by atoms with Crippen LogP contribution >= 0.6 is 0 Å². The van der Waals surface area contributed by atoms with E-state index in [-0.39, 0.29) is 29.7 Å². The molecule has 3 aromatic carbocycles. The summed E-state index contributed by atoms with van der Waals surface area (Å²) in [6.45, 7) is 3.04. The molecule has 8 bridgehead atoms. The first kappa shape index (κ1) is 25.6. The molecule has 4 aromatic rings. The van der Waals surface area contributed by atoms with Gasteiger partial charge in [0.1, 0.15) is 17.3 Å². The lowest BCUT2D eigenvalue weighted by Gasteiger charge is -2.37. The number of benzene rings is 3. The van der Waals surface area contributed by atoms with Crippen molar-refractivity contribution >= 4 is 11.8 Å². The van der Waals surface area contributed by atoms with E-state index in [9.17, 15) is 14.0 Å². The van der Waals surface area contributed by atoms with Crippen molar-refractivity contribution in [2.24, 2.45) is 0 Å². The largest absolute Gasteiger partial charge is 0.494 e. The Morgan fingerprint density at radius 3 is 2.83 bits per heavy atom. The minimum absolute atomic E-state index is 0.0508. The Labute approximate surface area is 230 Å². The van der Waals surface area contributed by atoms with Gasteiger partial charge in [0, 0.05) is 19.2 Å². The number of fused-ring (bicyclic) bond motifs is 7. The quantitative estimate of drug-likeness (QED) is 0.359. The molecule has 40 heavy (non-hydrogen) atoms. The topological polar surface area (TPSA) is 93.9 Å². The standard InChI is InChI=1S/C31H28FN3O5/c1-19-14-27(34-40-19)31(37)35-12-10-21-17-24-7-8-25(21)30(35)22-4-2-5-23(18-22)38-13-3-11-33-29(36)16-20-6-9-26(32)28(15-20)39-24/h2,4-9,14-15,17-18,30H,3,10-13,16H2,1H3,(H,33,36). The number of nitrogens with zero attached hydrogens (tertiary/aromatic N) is 2. The number of hydrogen-bond acceptors (Lipinski definition) is 6. The molecule has 0 aliphatic carbocycles. The van der Waals surface area contributed by atoms with E-state index in [0.717, 1.165) is 16.7 Å². The highest BCUT2D eigenvalue weighted by Crippen LogP contribution is 2.39. The third-order valence-electron chi connectivity index (χ3n) is 7.12. The third-order valence-corrected chi connectivity index (χ3v) is 7.12. The van der Waals surface area contributed by atoms with E-state index >= 15 is 0 Å². The number of nitrogens with one attached hydrogen (secondary N) is 1. The smallest absolute Gasteiger partial charge is 0.276 e. The van der Waals surface area contributed by atoms with Crippen LogP contribution in [0.1, 0.15) is 51.0 Å². The van der Waals surface area contributed by atoms with Crippen LogP contribution in [-0.2, 0) is 17.6 Å². The lowest BCUT2D eigenvalue weighted by Crippen LogP contribution is -2.40. The van der Waals surface area contributed by atoms with E-state index in [4.69, 9.17) is 14.0 Å². The predicted molar refractivity (Wildman–Crippen MR) is 144 cm³/mol. The molecule has 0 radical (unpaired) electrons. The van der Waals surface area contributed by atoms with Gasteiger partial charge in [-0.25, -0.2) is 4.39 Å². The van der Waals surface area contributed by atoms with Gasteiger partial charge in [-0.15, -0.1) is 0 Å². The minimum atomic E-state index is -0.515. The molecular formula is C31H28FN3O5. The van der Waals surface area contributed by atoms with E-state index in [2.05, 4.69) is 10.5 Å². The molecule has 9 heteroatoms. The number of carbonyl (C=O) groups excluding carboxylic acids is 2. The molecule has 0 saturated carbocycles. The maximum Gasteiger partial charge on any atom is 0.276 e. The number of hydrogen-bond donors (Lipinski definition) is 1. The van der Waals surface area contributed by atoms with Crippen molar-refractivity contribution in [1.82, 2.24) is 15.4 Å². The highest BCUT2D eigenvalue weighted by atomic mass is 19.1. The molecule has 3 aliphatic heterocycles. The van der Waals surface area contributed by atoms with E-state index in [0.29, 0.717) is 55.4 Å². The van der Waals surface area contributed by atoms with Crippen molar-refractivity contribution in [1.29, 1.82) is 0 Å². The molecular weight excluding hydrogens is 513 g/mol. The minimum Gasteiger partial charge on any atom is -0.494 e. The molecule has 2 amide bonds. The number of ether oxygens (including phenoxy) is 2. The monoisotopic (exact) mass is 541 g/mol. The molecule has 3 aliphatic rings. The first-order chi connectivity index (χ1) is 19.4. The summed E-state index contributed by atoms with van der Waals surface area (Å²) >= 11 is 0. The third kappa shape index (κ3) is 5.27. The maximum atomic E-state index is 14.7. The van der Waals surface area contributed by atoms with Crippen LogP contribution in [0.4, 0.5) is 4.39 Å². The van der Waals surface area contributed by atoms with E-state index in [1.807, 2.05) is 36.4 Å². The van der Waals surface area contributed by atoms with Crippen LogP contribution in [-0.4, -0.2) is 41.6 Å². The van der Waals surface area contributed by atoms with Crippen LogP contribution in [0.25, 0.3) is 0 Å². The van der Waals surface area contributed by atoms with Crippen molar-refractivity contribution in [2.45, 2.75) is 32.2 Å². The number of carbonyl (C=O) groups is 2. The molecule has 0 saturated heterocycles. The Morgan fingerprint density at radius 2 is 1.98 bits per heavy atom. The molecule has 7 rings (SSSR count). The van der Waals surface area contributed by atoms with Crippen LogP contribution in [0.15, 0.2) is 71.3 Å². The summed E-state index contributed by atoms with van der Waals surface area (Å²) < 4.78 is 31.8. The molecule has 204 valence electrons. The van der Waals surface area contributed by atoms with Crippen LogP contribution < -0.4 is 14.8 Å². The number of halogens is 1. The van der Waals surface area contributed by atoms with Crippen LogP contribution in [0.3, 0.4) is 0 Å². The number of rotatable bonds is 1. The van der Waals surface area contributed by atoms with Crippen LogP contribution in [0.5, 0.6) is 17.2 Å². The SMILES string of the molecule is Cc1cc(C(=O)N2CCc3cc4ccc3C2c2cccc(c2)OCCCNC(=O)Cc2ccc(F)c(c2)O4)no1. The highest BCUT2D eigenvalue weighted by Gasteiger charge is 2.34. The van der Waals surface area contributed by atoms with Gasteiger partial charge in [-0.1, -0.05) is 29.4 Å². The summed E-state index contributed by atoms with van der Waals surface area (Å²) in [5.74, 6) is 0.849. The number of amides is 2. The first-order valence-corrected chi connectivity index (χ1v) is 13.3. The Morgan fingerprint density at radius 1 is 1.07 bits per heavy atom. The fourth-order valence-corrected chi connectivity index (χ4v) is 5.23. The summed E-state index contributed by atoms with van der Waals surface area (Å²) in [5.41, 5.74) is 3.70. The Bertz CT molecular complexity index is 1580. The Balaban J connectivity index is 1.42. The fourth-order valence-electron chi connectivity index (χ4n) is 5.23. The van der Waals surface area contributed by atoms with Gasteiger partial charge in [0.15, 0.2) is 17.3 Å². The Kier molecular flexibility index (Phi) is 6.94. The van der Waals surface area contributed by atoms with Gasteiger partial charge in [-0.3, -0.25) is 9.59 Å². The first-order valence-electron chi connectivity index (χ1n) is 13.3. The highest BCUT2D eigenvalue weighted by molar-refractivity contribution is 5.93. The van der Waals surface area contributed by atoms with E-state index in [1.54, 1.807) is 36.1 Å². The second-order valence-corrected chi connectivity index (χ2v) is 10.0. The number of aryl methyl sites for hydroxylation is 1. The van der Waals surface area contributed by atoms with Crippen molar-refractivity contribution in [3.8, 4) is 17.2 Å². The van der Waals surface area contributed by atoms with Crippen molar-refractivity contribution in [3.05, 3.63) is 106 Å². The zero-order chi connectivity index (χ0) is 27.6. The molecule has 4 heterocycles. The Hall–Kier alpha value is -4.66. The molecule has 8 nitrogen and oxygen atoms in total. The molecule has 1 N–H and O–H groups in total.